The summed E-state index contributed by atoms with van der Waals surface area (Å²) in [6.45, 7) is 8.69. The van der Waals surface area contributed by atoms with Gasteiger partial charge in [-0.15, -0.1) is 0 Å². The minimum atomic E-state index is -1.38. The maximum atomic E-state index is 12.3. The molecule has 0 saturated carbocycles. The van der Waals surface area contributed by atoms with Gasteiger partial charge in [-0.3, -0.25) is 14.4 Å². The van der Waals surface area contributed by atoms with E-state index in [-0.39, 0.29) is 41.7 Å². The number of aromatic carboxylic acids is 1. The number of carboxylic acids is 1. The third kappa shape index (κ3) is 15.8. The van der Waals surface area contributed by atoms with Gasteiger partial charge < -0.3 is 33.4 Å². The molecule has 0 radical (unpaired) electrons. The average Bonchev–Trinajstić information content (AvgIpc) is 3.40. The van der Waals surface area contributed by atoms with Crippen LogP contribution in [0.5, 0.6) is 5.75 Å². The van der Waals surface area contributed by atoms with Crippen LogP contribution < -0.4 is 16.3 Å². The van der Waals surface area contributed by atoms with Gasteiger partial charge in [0.15, 0.2) is 16.6 Å². The molecule has 0 unspecified atom stereocenters. The second kappa shape index (κ2) is 27.2. The van der Waals surface area contributed by atoms with Gasteiger partial charge in [0, 0.05) is 87.6 Å². The number of esters is 2. The maximum absolute atomic E-state index is 12.3. The lowest BCUT2D eigenvalue weighted by Crippen LogP contribution is -2.22. The molecule has 13 nitrogen and oxygen atoms in total. The van der Waals surface area contributed by atoms with Crippen LogP contribution in [0.3, 0.4) is 0 Å². The van der Waals surface area contributed by atoms with Crippen molar-refractivity contribution in [2.75, 3.05) is 13.2 Å². The van der Waals surface area contributed by atoms with Crippen molar-refractivity contribution in [3.63, 3.8) is 0 Å². The first-order valence-corrected chi connectivity index (χ1v) is 24.7. The summed E-state index contributed by atoms with van der Waals surface area (Å²) in [6, 6.07) is 42.7. The second-order valence-corrected chi connectivity index (χ2v) is 17.8. The van der Waals surface area contributed by atoms with E-state index in [2.05, 4.69) is 46.3 Å². The number of hydrogen-bond donors (Lipinski definition) is 2. The highest BCUT2D eigenvalue weighted by Gasteiger charge is 2.17. The molecule has 0 amide bonds. The van der Waals surface area contributed by atoms with Crippen LogP contribution >= 0.6 is 22.6 Å². The summed E-state index contributed by atoms with van der Waals surface area (Å²) in [5.74, 6) is 9.44. The van der Waals surface area contributed by atoms with Crippen LogP contribution in [0.1, 0.15) is 95.0 Å². The van der Waals surface area contributed by atoms with E-state index < -0.39 is 34.6 Å². The lowest BCUT2D eigenvalue weighted by molar-refractivity contribution is 0.0514. The van der Waals surface area contributed by atoms with Crippen LogP contribution in [0.15, 0.2) is 185 Å². The van der Waals surface area contributed by atoms with Gasteiger partial charge in [0.05, 0.1) is 19.4 Å². The normalized spacial score (nSPS) is 10.1. The van der Waals surface area contributed by atoms with E-state index in [1.165, 1.54) is 17.0 Å². The molecule has 8 rings (SSSR count). The van der Waals surface area contributed by atoms with Crippen LogP contribution in [0.2, 0.25) is 0 Å². The molecule has 0 atom stereocenters. The van der Waals surface area contributed by atoms with Crippen molar-refractivity contribution >= 4 is 40.5 Å². The van der Waals surface area contributed by atoms with Gasteiger partial charge in [0.1, 0.15) is 16.7 Å². The molecule has 2 N–H and O–H groups in total. The van der Waals surface area contributed by atoms with Gasteiger partial charge in [0.25, 0.3) is 0 Å². The molecule has 0 spiro atoms. The number of carbonyl (C=O) groups excluding carboxylic acids is 2. The Morgan fingerprint density at radius 2 is 0.853 bits per heavy atom. The number of aromatic hydroxyl groups is 1. The molecule has 0 aliphatic rings. The second-order valence-electron chi connectivity index (χ2n) is 16.7. The van der Waals surface area contributed by atoms with Gasteiger partial charge in [-0.25, -0.2) is 14.4 Å². The molecule has 0 aliphatic carbocycles. The zero-order chi connectivity index (χ0) is 53.9. The highest BCUT2D eigenvalue weighted by Crippen LogP contribution is 2.16. The Morgan fingerprint density at radius 3 is 1.28 bits per heavy atom. The molecular weight excluding hydrogens is 1060 g/mol. The molecule has 378 valence electrons. The van der Waals surface area contributed by atoms with Crippen molar-refractivity contribution < 1.29 is 34.1 Å². The van der Waals surface area contributed by atoms with Gasteiger partial charge in [-0.2, -0.15) is 0 Å². The number of rotatable bonds is 11. The summed E-state index contributed by atoms with van der Waals surface area (Å²) < 4.78 is 16.2. The van der Waals surface area contributed by atoms with Crippen LogP contribution in [-0.2, 0) is 29.1 Å². The first-order chi connectivity index (χ1) is 36.1. The van der Waals surface area contributed by atoms with Gasteiger partial charge >= 0.3 is 17.9 Å². The first kappa shape index (κ1) is 55.3. The molecule has 5 aromatic carbocycles. The molecule has 3 heterocycles. The highest BCUT2D eigenvalue weighted by atomic mass is 127. The molecule has 14 heteroatoms. The third-order valence-electron chi connectivity index (χ3n) is 11.1. The number of hydrogen-bond acceptors (Lipinski definition) is 9. The Balaban J connectivity index is 0.000000185. The van der Waals surface area contributed by atoms with E-state index >= 15 is 0 Å². The number of aryl methyl sites for hydroxylation is 2. The Hall–Kier alpha value is -8.99. The topological polar surface area (TPSA) is 176 Å². The molecule has 0 aliphatic heterocycles. The van der Waals surface area contributed by atoms with Gasteiger partial charge in [-0.1, -0.05) is 115 Å². The van der Waals surface area contributed by atoms with Crippen molar-refractivity contribution in [3.8, 4) is 29.4 Å². The zero-order valence-electron chi connectivity index (χ0n) is 41.6. The SMILES string of the molecule is CCOC(=O)c1cn(Cc2ccccc2C#Cc2ccccc2)cc(C)c1=O.CCOC(=O)c1cn(Cc2ccccc2I)cc(C)c1=O.O=C(O)c1cn(Cc2ccccc2C#Cc2ccccc2)cc(O)c1=O. The van der Waals surface area contributed by atoms with Gasteiger partial charge in [0.2, 0.25) is 5.43 Å². The fourth-order valence-electron chi connectivity index (χ4n) is 7.41. The average molecular weight is 1110 g/mol. The summed E-state index contributed by atoms with van der Waals surface area (Å²) in [6.07, 6.45) is 9.05. The van der Waals surface area contributed by atoms with E-state index in [1.807, 2.05) is 143 Å². The molecule has 0 saturated heterocycles. The largest absolute Gasteiger partial charge is 0.503 e. The number of nitrogens with zero attached hydrogens (tertiary/aromatic N) is 3. The van der Waals surface area contributed by atoms with Crippen LogP contribution in [-0.4, -0.2) is 55.0 Å². The molecular formula is C61H52IN3O10. The van der Waals surface area contributed by atoms with Crippen molar-refractivity contribution in [3.05, 3.63) is 272 Å². The number of halogens is 1. The highest BCUT2D eigenvalue weighted by molar-refractivity contribution is 14.1. The Labute approximate surface area is 447 Å². The van der Waals surface area contributed by atoms with Gasteiger partial charge in [-0.05, 0) is 109 Å². The lowest BCUT2D eigenvalue weighted by atomic mass is 10.1. The Morgan fingerprint density at radius 1 is 0.480 bits per heavy atom. The Kier molecular flexibility index (Phi) is 20.0. The first-order valence-electron chi connectivity index (χ1n) is 23.6. The van der Waals surface area contributed by atoms with Crippen molar-refractivity contribution in [2.24, 2.45) is 0 Å². The number of carbonyl (C=O) groups is 3. The summed E-state index contributed by atoms with van der Waals surface area (Å²) >= 11 is 2.27. The molecule has 0 fully saturated rings. The number of pyridine rings is 3. The fourth-order valence-corrected chi connectivity index (χ4v) is 7.97. The predicted octanol–water partition coefficient (Wildman–Crippen LogP) is 9.47. The summed E-state index contributed by atoms with van der Waals surface area (Å²) in [4.78, 5) is 71.1. The molecule has 3 aromatic heterocycles. The number of aromatic nitrogens is 3. The van der Waals surface area contributed by atoms with Crippen LogP contribution in [0.25, 0.3) is 0 Å². The predicted molar refractivity (Wildman–Crippen MR) is 296 cm³/mol. The summed E-state index contributed by atoms with van der Waals surface area (Å²) in [5, 5.41) is 18.8. The fraction of sp³-hybridized carbons (Fsp3) is 0.148. The zero-order valence-corrected chi connectivity index (χ0v) is 43.7. The number of benzene rings is 5. The van der Waals surface area contributed by atoms with E-state index in [0.717, 1.165) is 42.5 Å². The Bertz CT molecular complexity index is 3650. The maximum Gasteiger partial charge on any atom is 0.343 e. The number of carboxylic acid groups (broad SMARTS) is 1. The molecule has 8 aromatic rings. The van der Waals surface area contributed by atoms with Crippen molar-refractivity contribution in [1.29, 1.82) is 0 Å². The quantitative estimate of drug-likeness (QED) is 0.0721. The number of ether oxygens (including phenoxy) is 2. The van der Waals surface area contributed by atoms with E-state index in [1.54, 1.807) is 52.5 Å². The van der Waals surface area contributed by atoms with Crippen molar-refractivity contribution in [2.45, 2.75) is 47.3 Å². The minimum absolute atomic E-state index is 0.0506. The van der Waals surface area contributed by atoms with Crippen LogP contribution in [0, 0.1) is 41.1 Å². The standard InChI is InChI=1S/C24H21NO3.C21H15NO4.C16H16INO3/c1-3-28-24(27)22-17-25(15-18(2)23(22)26)16-21-12-8-7-11-20(21)14-13-19-9-5-4-6-10-19;23-19-14-22(13-18(20(19)24)21(25)26)12-17-9-5-4-8-16(17)11-10-15-6-2-1-3-7-15;1-3-21-16(20)13-10-18(8-11(2)15(13)19)9-12-6-4-5-7-14(12)17/h4-12,15,17H,3,16H2,1-2H3;1-9,13-14,23H,12H2,(H,25,26);4-8,10H,3,9H2,1-2H3. The monoisotopic (exact) mass is 1110 g/mol. The minimum Gasteiger partial charge on any atom is -0.503 e. The molecule has 0 bridgehead atoms. The van der Waals surface area contributed by atoms with E-state index in [9.17, 15) is 33.9 Å². The lowest BCUT2D eigenvalue weighted by Gasteiger charge is -2.11. The van der Waals surface area contributed by atoms with E-state index in [0.29, 0.717) is 24.2 Å². The van der Waals surface area contributed by atoms with E-state index in [4.69, 9.17) is 14.6 Å². The summed E-state index contributed by atoms with van der Waals surface area (Å²) in [5.41, 5.74) is 5.73. The third-order valence-corrected chi connectivity index (χ3v) is 12.1. The summed E-state index contributed by atoms with van der Waals surface area (Å²) in [7, 11) is 0. The van der Waals surface area contributed by atoms with Crippen LogP contribution in [0.4, 0.5) is 0 Å². The van der Waals surface area contributed by atoms with Crippen molar-refractivity contribution in [1.82, 2.24) is 13.7 Å². The smallest absolute Gasteiger partial charge is 0.343 e. The molecule has 75 heavy (non-hydrogen) atoms.